The molecule has 0 bridgehead atoms. The Morgan fingerprint density at radius 3 is 2.74 bits per heavy atom. The third-order valence-corrected chi connectivity index (χ3v) is 6.24. The van der Waals surface area contributed by atoms with E-state index in [-0.39, 0.29) is 23.2 Å². The fourth-order valence-corrected chi connectivity index (χ4v) is 4.69. The molecule has 0 aliphatic carbocycles. The molecule has 0 unspecified atom stereocenters. The fourth-order valence-electron chi connectivity index (χ4n) is 3.02. The quantitative estimate of drug-likeness (QED) is 0.678. The van der Waals surface area contributed by atoms with Crippen molar-refractivity contribution in [2.75, 3.05) is 6.54 Å². The van der Waals surface area contributed by atoms with Gasteiger partial charge in [-0.05, 0) is 43.2 Å². The zero-order chi connectivity index (χ0) is 19.0. The van der Waals surface area contributed by atoms with Crippen LogP contribution in [0.4, 0.5) is 8.78 Å². The van der Waals surface area contributed by atoms with Gasteiger partial charge in [-0.25, -0.2) is 17.2 Å². The number of halogens is 2. The maximum atomic E-state index is 13.5. The van der Waals surface area contributed by atoms with E-state index < -0.39 is 27.7 Å². The van der Waals surface area contributed by atoms with Crippen LogP contribution in [-0.4, -0.2) is 34.4 Å². The normalized spacial score (nSPS) is 18.1. The summed E-state index contributed by atoms with van der Waals surface area (Å²) in [7, 11) is -4.04. The summed E-state index contributed by atoms with van der Waals surface area (Å²) in [5, 5.41) is 7.94. The van der Waals surface area contributed by atoms with Crippen molar-refractivity contribution < 1.29 is 21.6 Å². The van der Waals surface area contributed by atoms with E-state index in [1.165, 1.54) is 4.31 Å². The van der Waals surface area contributed by atoms with Gasteiger partial charge in [-0.3, -0.25) is 4.98 Å². The molecule has 2 aromatic heterocycles. The summed E-state index contributed by atoms with van der Waals surface area (Å²) in [6, 6.07) is 5.30. The standard InChI is InChI=1S/C17H14F2N4O3S/c18-13-6-5-12(9-14(13)19)27(24,25)23-8-2-4-15(23)17-22-21-16(26-17)11-3-1-7-20-10-11/h1,3,5-7,9-10,15H,2,4,8H2/t15-/m0/s1. The van der Waals surface area contributed by atoms with Gasteiger partial charge >= 0.3 is 0 Å². The van der Waals surface area contributed by atoms with E-state index in [0.717, 1.165) is 12.1 Å². The van der Waals surface area contributed by atoms with Gasteiger partial charge in [0.15, 0.2) is 11.6 Å². The molecule has 4 rings (SSSR count). The predicted octanol–water partition coefficient (Wildman–Crippen LogP) is 2.94. The Morgan fingerprint density at radius 1 is 1.15 bits per heavy atom. The first-order valence-electron chi connectivity index (χ1n) is 8.17. The van der Waals surface area contributed by atoms with Crippen molar-refractivity contribution in [1.29, 1.82) is 0 Å². The molecule has 27 heavy (non-hydrogen) atoms. The van der Waals surface area contributed by atoms with E-state index in [4.69, 9.17) is 4.42 Å². The molecule has 1 aromatic carbocycles. The number of rotatable bonds is 4. The molecule has 1 aliphatic rings. The highest BCUT2D eigenvalue weighted by molar-refractivity contribution is 7.89. The number of aromatic nitrogens is 3. The topological polar surface area (TPSA) is 89.2 Å². The third kappa shape index (κ3) is 3.21. The van der Waals surface area contributed by atoms with Crippen molar-refractivity contribution in [1.82, 2.24) is 19.5 Å². The van der Waals surface area contributed by atoms with Crippen LogP contribution in [0.1, 0.15) is 24.8 Å². The highest BCUT2D eigenvalue weighted by Gasteiger charge is 2.39. The number of benzene rings is 1. The summed E-state index contributed by atoms with van der Waals surface area (Å²) < 4.78 is 59.3. The van der Waals surface area contributed by atoms with Crippen LogP contribution in [0.15, 0.2) is 52.0 Å². The van der Waals surface area contributed by atoms with Gasteiger partial charge in [-0.1, -0.05) is 0 Å². The summed E-state index contributed by atoms with van der Waals surface area (Å²) in [5.41, 5.74) is 0.615. The Balaban J connectivity index is 1.66. The predicted molar refractivity (Wildman–Crippen MR) is 89.8 cm³/mol. The van der Waals surface area contributed by atoms with Gasteiger partial charge in [0.1, 0.15) is 6.04 Å². The third-order valence-electron chi connectivity index (χ3n) is 4.34. The lowest BCUT2D eigenvalue weighted by molar-refractivity contribution is 0.332. The zero-order valence-corrected chi connectivity index (χ0v) is 14.7. The van der Waals surface area contributed by atoms with Gasteiger partial charge in [0.05, 0.1) is 10.5 Å². The lowest BCUT2D eigenvalue weighted by Gasteiger charge is -2.21. The van der Waals surface area contributed by atoms with Crippen molar-refractivity contribution in [3.8, 4) is 11.5 Å². The zero-order valence-electron chi connectivity index (χ0n) is 13.9. The average Bonchev–Trinajstić information content (AvgIpc) is 3.34. The number of hydrogen-bond acceptors (Lipinski definition) is 6. The molecule has 1 fully saturated rings. The minimum absolute atomic E-state index is 0.150. The van der Waals surface area contributed by atoms with Crippen LogP contribution in [0, 0.1) is 11.6 Å². The molecule has 0 saturated carbocycles. The summed E-state index contributed by atoms with van der Waals surface area (Å²) >= 11 is 0. The van der Waals surface area contributed by atoms with Crippen LogP contribution in [-0.2, 0) is 10.0 Å². The van der Waals surface area contributed by atoms with E-state index in [1.54, 1.807) is 24.5 Å². The molecule has 0 radical (unpaired) electrons. The summed E-state index contributed by atoms with van der Waals surface area (Å²) in [5.74, 6) is -1.94. The molecular weight excluding hydrogens is 378 g/mol. The van der Waals surface area contributed by atoms with Crippen LogP contribution in [0.5, 0.6) is 0 Å². The Morgan fingerprint density at radius 2 is 2.00 bits per heavy atom. The van der Waals surface area contributed by atoms with Gasteiger partial charge < -0.3 is 4.42 Å². The molecular formula is C17H14F2N4O3S. The first kappa shape index (κ1) is 17.7. The van der Waals surface area contributed by atoms with Crippen molar-refractivity contribution >= 4 is 10.0 Å². The van der Waals surface area contributed by atoms with Crippen LogP contribution in [0.2, 0.25) is 0 Å². The molecule has 1 atom stereocenters. The molecule has 0 amide bonds. The highest BCUT2D eigenvalue weighted by atomic mass is 32.2. The van der Waals surface area contributed by atoms with Gasteiger partial charge in [0.2, 0.25) is 21.8 Å². The van der Waals surface area contributed by atoms with E-state index >= 15 is 0 Å². The molecule has 1 aliphatic heterocycles. The summed E-state index contributed by atoms with van der Waals surface area (Å²) in [6.45, 7) is 0.219. The minimum Gasteiger partial charge on any atom is -0.419 e. The van der Waals surface area contributed by atoms with Gasteiger partial charge in [-0.15, -0.1) is 10.2 Å². The monoisotopic (exact) mass is 392 g/mol. The molecule has 7 nitrogen and oxygen atoms in total. The Labute approximate surface area is 153 Å². The second kappa shape index (κ2) is 6.78. The summed E-state index contributed by atoms with van der Waals surface area (Å²) in [4.78, 5) is 3.66. The van der Waals surface area contributed by atoms with Gasteiger partial charge in [0.25, 0.3) is 0 Å². The Kier molecular flexibility index (Phi) is 4.44. The molecule has 0 N–H and O–H groups in total. The number of sulfonamides is 1. The second-order valence-corrected chi connectivity index (χ2v) is 7.93. The molecule has 0 spiro atoms. The first-order chi connectivity index (χ1) is 13.0. The average molecular weight is 392 g/mol. The van der Waals surface area contributed by atoms with Crippen LogP contribution in [0.25, 0.3) is 11.5 Å². The van der Waals surface area contributed by atoms with Crippen molar-refractivity contribution in [3.63, 3.8) is 0 Å². The first-order valence-corrected chi connectivity index (χ1v) is 9.61. The molecule has 3 aromatic rings. The second-order valence-electron chi connectivity index (χ2n) is 6.04. The van der Waals surface area contributed by atoms with E-state index in [1.807, 2.05) is 0 Å². The maximum absolute atomic E-state index is 13.5. The van der Waals surface area contributed by atoms with Gasteiger partial charge in [0, 0.05) is 18.9 Å². The largest absolute Gasteiger partial charge is 0.419 e. The lowest BCUT2D eigenvalue weighted by atomic mass is 10.2. The molecule has 10 heteroatoms. The summed E-state index contributed by atoms with van der Waals surface area (Å²) in [6.07, 6.45) is 4.23. The van der Waals surface area contributed by atoms with Crippen LogP contribution in [0.3, 0.4) is 0 Å². The van der Waals surface area contributed by atoms with E-state index in [9.17, 15) is 17.2 Å². The van der Waals surface area contributed by atoms with E-state index in [0.29, 0.717) is 24.5 Å². The Bertz CT molecular complexity index is 1070. The van der Waals surface area contributed by atoms with Gasteiger partial charge in [-0.2, -0.15) is 4.31 Å². The lowest BCUT2D eigenvalue weighted by Crippen LogP contribution is -2.31. The van der Waals surface area contributed by atoms with Crippen LogP contribution >= 0.6 is 0 Å². The Hall–Kier alpha value is -2.72. The highest BCUT2D eigenvalue weighted by Crippen LogP contribution is 2.37. The molecule has 3 heterocycles. The molecule has 140 valence electrons. The number of pyridine rings is 1. The van der Waals surface area contributed by atoms with E-state index in [2.05, 4.69) is 15.2 Å². The maximum Gasteiger partial charge on any atom is 0.249 e. The number of nitrogens with zero attached hydrogens (tertiary/aromatic N) is 4. The van der Waals surface area contributed by atoms with Crippen molar-refractivity contribution in [2.45, 2.75) is 23.8 Å². The van der Waals surface area contributed by atoms with Crippen molar-refractivity contribution in [2.24, 2.45) is 0 Å². The van der Waals surface area contributed by atoms with Crippen LogP contribution < -0.4 is 0 Å². The SMILES string of the molecule is O=S(=O)(c1ccc(F)c(F)c1)N1CCC[C@H]1c1nnc(-c2cccnc2)o1. The number of hydrogen-bond donors (Lipinski definition) is 0. The smallest absolute Gasteiger partial charge is 0.249 e. The molecule has 1 saturated heterocycles. The van der Waals surface area contributed by atoms with Crippen molar-refractivity contribution in [3.05, 3.63) is 60.3 Å². The fraction of sp³-hybridized carbons (Fsp3) is 0.235. The minimum atomic E-state index is -4.04.